The quantitative estimate of drug-likeness (QED) is 0.573. The zero-order chi connectivity index (χ0) is 7.72. The van der Waals surface area contributed by atoms with Gasteiger partial charge in [0.2, 0.25) is 0 Å². The Kier molecular flexibility index (Phi) is 0.641. The van der Waals surface area contributed by atoms with Crippen molar-refractivity contribution in [2.24, 2.45) is 0 Å². The molecule has 0 aliphatic heterocycles. The highest BCUT2D eigenvalue weighted by molar-refractivity contribution is 9.10. The third-order valence-electron chi connectivity index (χ3n) is 0.408. The number of nitrogens with zero attached hydrogens (tertiary/aromatic N) is 2. The maximum atomic E-state index is 7.03. The first-order chi connectivity index (χ1) is 4.61. The number of halogens is 1. The lowest BCUT2D eigenvalue weighted by Crippen LogP contribution is -1.72. The van der Waals surface area contributed by atoms with Crippen LogP contribution in [-0.4, -0.2) is 9.97 Å². The summed E-state index contributed by atoms with van der Waals surface area (Å²) in [6.07, 6.45) is -0.600. The third kappa shape index (κ3) is 1.23. The number of hydrogen-bond acceptors (Lipinski definition) is 2. The summed E-state index contributed by atoms with van der Waals surface area (Å²) in [5, 5.41) is 0. The molecule has 0 spiro atoms. The van der Waals surface area contributed by atoms with Gasteiger partial charge in [-0.1, -0.05) is 0 Å². The van der Waals surface area contributed by atoms with Gasteiger partial charge in [-0.05, 0) is 15.9 Å². The van der Waals surface area contributed by atoms with Crippen LogP contribution in [0.15, 0.2) is 23.1 Å². The molecule has 0 unspecified atom stereocenters. The molecule has 0 radical (unpaired) electrons. The van der Waals surface area contributed by atoms with Crippen LogP contribution in [-0.2, 0) is 0 Å². The second kappa shape index (κ2) is 2.02. The highest BCUT2D eigenvalue weighted by Gasteiger charge is 1.77. The van der Waals surface area contributed by atoms with Crippen molar-refractivity contribution in [3.63, 3.8) is 0 Å². The van der Waals surface area contributed by atoms with E-state index >= 15 is 0 Å². The average molecular weight is 162 g/mol. The van der Waals surface area contributed by atoms with Crippen molar-refractivity contribution < 1.29 is 4.11 Å². The molecule has 0 N–H and O–H groups in total. The topological polar surface area (TPSA) is 25.8 Å². The first-order valence-corrected chi connectivity index (χ1v) is 2.38. The SMILES string of the molecule is [2H]c1nc([2H])c(Br)nc1[2H]. The van der Waals surface area contributed by atoms with E-state index in [4.69, 9.17) is 4.11 Å². The molecule has 0 atom stereocenters. The molecule has 1 heterocycles. The van der Waals surface area contributed by atoms with E-state index in [0.717, 1.165) is 0 Å². The molecule has 0 bridgehead atoms. The number of rotatable bonds is 0. The number of hydrogen-bond donors (Lipinski definition) is 0. The van der Waals surface area contributed by atoms with Crippen LogP contribution in [0.1, 0.15) is 4.11 Å². The smallest absolute Gasteiger partial charge is 0.124 e. The highest BCUT2D eigenvalue weighted by atomic mass is 79.9. The second-order valence-electron chi connectivity index (χ2n) is 0.850. The average Bonchev–Trinajstić information content (AvgIpc) is 1.84. The summed E-state index contributed by atoms with van der Waals surface area (Å²) in [5.41, 5.74) is 0. The van der Waals surface area contributed by atoms with Crippen molar-refractivity contribution in [2.75, 3.05) is 0 Å². The van der Waals surface area contributed by atoms with Gasteiger partial charge in [-0.25, -0.2) is 4.98 Å². The van der Waals surface area contributed by atoms with Crippen LogP contribution in [0.3, 0.4) is 0 Å². The minimum atomic E-state index is -0.270. The maximum Gasteiger partial charge on any atom is 0.124 e. The predicted octanol–water partition coefficient (Wildman–Crippen LogP) is 1.24. The maximum absolute atomic E-state index is 7.03. The van der Waals surface area contributed by atoms with Crippen LogP contribution < -0.4 is 0 Å². The zero-order valence-electron chi connectivity index (χ0n) is 6.27. The molecule has 1 rings (SSSR count). The van der Waals surface area contributed by atoms with Crippen LogP contribution >= 0.6 is 15.9 Å². The monoisotopic (exact) mass is 161 g/mol. The Bertz CT molecular complexity index is 215. The summed E-state index contributed by atoms with van der Waals surface area (Å²) in [6, 6.07) is 0. The van der Waals surface area contributed by atoms with E-state index in [-0.39, 0.29) is 23.1 Å². The second-order valence-corrected chi connectivity index (χ2v) is 1.60. The van der Waals surface area contributed by atoms with E-state index in [1.54, 1.807) is 0 Å². The van der Waals surface area contributed by atoms with Gasteiger partial charge < -0.3 is 0 Å². The molecule has 1 aromatic rings. The Hall–Kier alpha value is -0.440. The van der Waals surface area contributed by atoms with Crippen LogP contribution in [0.25, 0.3) is 0 Å². The van der Waals surface area contributed by atoms with Gasteiger partial charge in [0.05, 0.1) is 10.3 Å². The molecule has 3 heteroatoms. The van der Waals surface area contributed by atoms with E-state index in [0.29, 0.717) is 0 Å². The van der Waals surface area contributed by atoms with Crippen LogP contribution in [0.2, 0.25) is 0 Å². The molecule has 0 saturated heterocycles. The minimum Gasteiger partial charge on any atom is -0.260 e. The lowest BCUT2D eigenvalue weighted by molar-refractivity contribution is 1.16. The summed E-state index contributed by atoms with van der Waals surface area (Å²) in [4.78, 5) is 6.93. The van der Waals surface area contributed by atoms with Crippen molar-refractivity contribution in [1.29, 1.82) is 0 Å². The summed E-state index contributed by atoms with van der Waals surface area (Å²) >= 11 is 2.92. The van der Waals surface area contributed by atoms with E-state index in [9.17, 15) is 0 Å². The molecule has 7 heavy (non-hydrogen) atoms. The third-order valence-corrected chi connectivity index (χ3v) is 0.763. The Morgan fingerprint density at radius 2 is 2.57 bits per heavy atom. The molecular formula is C4H3BrN2. The van der Waals surface area contributed by atoms with E-state index in [1.165, 1.54) is 0 Å². The number of aromatic nitrogens is 2. The first kappa shape index (κ1) is 2.22. The largest absolute Gasteiger partial charge is 0.260 e. The molecule has 0 saturated carbocycles. The van der Waals surface area contributed by atoms with Crippen molar-refractivity contribution in [3.8, 4) is 0 Å². The summed E-state index contributed by atoms with van der Waals surface area (Å²) in [7, 11) is 0. The van der Waals surface area contributed by atoms with Crippen molar-refractivity contribution in [2.45, 2.75) is 0 Å². The van der Waals surface area contributed by atoms with E-state index in [1.807, 2.05) is 0 Å². The Morgan fingerprint density at radius 3 is 3.29 bits per heavy atom. The van der Waals surface area contributed by atoms with Crippen LogP contribution in [0.5, 0.6) is 0 Å². The van der Waals surface area contributed by atoms with Gasteiger partial charge in [0.15, 0.2) is 0 Å². The van der Waals surface area contributed by atoms with Gasteiger partial charge in [-0.2, -0.15) is 0 Å². The Labute approximate surface area is 54.0 Å². The fourth-order valence-corrected chi connectivity index (χ4v) is 0.375. The fraction of sp³-hybridized carbons (Fsp3) is 0. The van der Waals surface area contributed by atoms with Gasteiger partial charge in [0, 0.05) is 12.3 Å². The van der Waals surface area contributed by atoms with Gasteiger partial charge in [0.1, 0.15) is 4.60 Å². The summed E-state index contributed by atoms with van der Waals surface area (Å²) in [5.74, 6) is 0. The molecule has 0 aromatic carbocycles. The van der Waals surface area contributed by atoms with Crippen molar-refractivity contribution in [1.82, 2.24) is 9.97 Å². The predicted molar refractivity (Wildman–Crippen MR) is 29.7 cm³/mol. The van der Waals surface area contributed by atoms with Crippen LogP contribution in [0, 0.1) is 0 Å². The standard InChI is InChI=1S/C4H3BrN2/c5-4-3-6-1-2-7-4/h1-3H/i1D,2D,3D. The van der Waals surface area contributed by atoms with Crippen molar-refractivity contribution in [3.05, 3.63) is 23.1 Å². The van der Waals surface area contributed by atoms with E-state index in [2.05, 4.69) is 25.9 Å². The fourth-order valence-electron chi connectivity index (χ4n) is 0.198. The molecular weight excluding hydrogens is 156 g/mol. The molecule has 0 amide bonds. The Balaban J connectivity index is 3.28. The van der Waals surface area contributed by atoms with Crippen LogP contribution in [0.4, 0.5) is 0 Å². The molecule has 0 aliphatic rings. The van der Waals surface area contributed by atoms with Gasteiger partial charge in [-0.3, -0.25) is 4.98 Å². The molecule has 2 nitrogen and oxygen atoms in total. The van der Waals surface area contributed by atoms with Crippen molar-refractivity contribution >= 4 is 15.9 Å². The molecule has 0 fully saturated rings. The van der Waals surface area contributed by atoms with Gasteiger partial charge >= 0.3 is 0 Å². The molecule has 0 aliphatic carbocycles. The lowest BCUT2D eigenvalue weighted by atomic mass is 10.8. The summed E-state index contributed by atoms with van der Waals surface area (Å²) < 4.78 is 21.2. The Morgan fingerprint density at radius 1 is 1.71 bits per heavy atom. The lowest BCUT2D eigenvalue weighted by Gasteiger charge is -1.79. The summed E-state index contributed by atoms with van der Waals surface area (Å²) in [6.45, 7) is 0. The molecule has 36 valence electrons. The normalized spacial score (nSPS) is 14.7. The van der Waals surface area contributed by atoms with Gasteiger partial charge in [-0.15, -0.1) is 0 Å². The zero-order valence-corrected chi connectivity index (χ0v) is 4.86. The van der Waals surface area contributed by atoms with Gasteiger partial charge in [0.25, 0.3) is 0 Å². The minimum absolute atomic E-state index is 0.110. The van der Waals surface area contributed by atoms with E-state index < -0.39 is 0 Å². The highest BCUT2D eigenvalue weighted by Crippen LogP contribution is 1.97. The molecule has 1 aromatic heterocycles. The first-order valence-electron chi connectivity index (χ1n) is 3.08.